The highest BCUT2D eigenvalue weighted by Crippen LogP contribution is 2.28. The zero-order valence-electron chi connectivity index (χ0n) is 11.3. The Morgan fingerprint density at radius 3 is 2.55 bits per heavy atom. The van der Waals surface area contributed by atoms with Gasteiger partial charge in [0.15, 0.2) is 0 Å². The molecule has 1 amide bonds. The third-order valence-corrected chi connectivity index (χ3v) is 3.04. The predicted octanol–water partition coefficient (Wildman–Crippen LogP) is 1.17. The van der Waals surface area contributed by atoms with Crippen LogP contribution in [0, 0.1) is 10.1 Å². The van der Waals surface area contributed by atoms with Crippen molar-refractivity contribution < 1.29 is 24.7 Å². The van der Waals surface area contributed by atoms with E-state index in [0.717, 1.165) is 6.07 Å². The van der Waals surface area contributed by atoms with E-state index >= 15 is 0 Å². The Bertz CT molecular complexity index is 771. The number of carbonyl (C=O) groups is 2. The van der Waals surface area contributed by atoms with Gasteiger partial charge in [-0.3, -0.25) is 14.9 Å². The van der Waals surface area contributed by atoms with Crippen molar-refractivity contribution in [3.63, 3.8) is 0 Å². The highest BCUT2D eigenvalue weighted by molar-refractivity contribution is 6.14. The zero-order chi connectivity index (χ0) is 16.3. The van der Waals surface area contributed by atoms with Crippen molar-refractivity contribution in [1.29, 1.82) is 0 Å². The van der Waals surface area contributed by atoms with Crippen molar-refractivity contribution >= 4 is 28.3 Å². The molecule has 0 aliphatic rings. The lowest BCUT2D eigenvalue weighted by Crippen LogP contribution is -2.26. The number of fused-ring (bicyclic) bond motifs is 1. The van der Waals surface area contributed by atoms with Crippen LogP contribution in [0.2, 0.25) is 0 Å². The second-order valence-corrected chi connectivity index (χ2v) is 4.44. The summed E-state index contributed by atoms with van der Waals surface area (Å²) in [4.78, 5) is 33.6. The summed E-state index contributed by atoms with van der Waals surface area (Å²) in [6, 6.07) is 6.56. The van der Waals surface area contributed by atoms with E-state index in [1.165, 1.54) is 24.3 Å². The Balaban J connectivity index is 2.72. The number of nitrogens with zero attached hydrogens (tertiary/aromatic N) is 1. The topological polar surface area (TPSA) is 130 Å². The van der Waals surface area contributed by atoms with Gasteiger partial charge in [-0.15, -0.1) is 0 Å². The minimum atomic E-state index is -1.36. The summed E-state index contributed by atoms with van der Waals surface area (Å²) in [5, 5.41) is 31.7. The molecule has 8 nitrogen and oxygen atoms in total. The monoisotopic (exact) mass is 304 g/mol. The minimum Gasteiger partial charge on any atom is -0.478 e. The van der Waals surface area contributed by atoms with Gasteiger partial charge < -0.3 is 15.5 Å². The van der Waals surface area contributed by atoms with Crippen LogP contribution in [0.25, 0.3) is 10.8 Å². The molecule has 0 fully saturated rings. The van der Waals surface area contributed by atoms with Crippen LogP contribution in [-0.2, 0) is 0 Å². The van der Waals surface area contributed by atoms with Crippen LogP contribution in [-0.4, -0.2) is 40.2 Å². The van der Waals surface area contributed by atoms with Crippen LogP contribution in [0.3, 0.4) is 0 Å². The van der Waals surface area contributed by atoms with Gasteiger partial charge in [0, 0.05) is 29.6 Å². The minimum absolute atomic E-state index is 0.0185. The molecule has 2 aromatic rings. The van der Waals surface area contributed by atoms with Gasteiger partial charge in [-0.25, -0.2) is 4.79 Å². The fraction of sp³-hybridized carbons (Fsp3) is 0.143. The lowest BCUT2D eigenvalue weighted by Gasteiger charge is -2.09. The lowest BCUT2D eigenvalue weighted by atomic mass is 9.98. The van der Waals surface area contributed by atoms with E-state index in [1.807, 2.05) is 0 Å². The Kier molecular flexibility index (Phi) is 4.33. The van der Waals surface area contributed by atoms with Gasteiger partial charge in [0.25, 0.3) is 11.6 Å². The fourth-order valence-electron chi connectivity index (χ4n) is 2.14. The molecule has 0 radical (unpaired) electrons. The lowest BCUT2D eigenvalue weighted by molar-refractivity contribution is -0.384. The molecule has 8 heteroatoms. The quantitative estimate of drug-likeness (QED) is 0.561. The number of aliphatic hydroxyl groups is 1. The van der Waals surface area contributed by atoms with Crippen LogP contribution in [0.1, 0.15) is 20.7 Å². The van der Waals surface area contributed by atoms with Gasteiger partial charge in [-0.2, -0.15) is 0 Å². The van der Waals surface area contributed by atoms with E-state index in [4.69, 9.17) is 5.11 Å². The highest BCUT2D eigenvalue weighted by Gasteiger charge is 2.20. The molecular weight excluding hydrogens is 292 g/mol. The second kappa shape index (κ2) is 6.19. The number of aromatic carboxylic acids is 1. The van der Waals surface area contributed by atoms with Gasteiger partial charge in [-0.1, -0.05) is 12.1 Å². The molecule has 22 heavy (non-hydrogen) atoms. The summed E-state index contributed by atoms with van der Waals surface area (Å²) in [5.41, 5.74) is -0.602. The Morgan fingerprint density at radius 1 is 1.23 bits per heavy atom. The Morgan fingerprint density at radius 2 is 1.95 bits per heavy atom. The van der Waals surface area contributed by atoms with E-state index in [-0.39, 0.29) is 40.7 Å². The molecule has 2 aromatic carbocycles. The second-order valence-electron chi connectivity index (χ2n) is 4.44. The average Bonchev–Trinajstić information content (AvgIpc) is 2.50. The molecule has 0 saturated carbocycles. The normalized spacial score (nSPS) is 10.4. The van der Waals surface area contributed by atoms with Gasteiger partial charge in [0.05, 0.1) is 17.1 Å². The predicted molar refractivity (Wildman–Crippen MR) is 77.0 cm³/mol. The zero-order valence-corrected chi connectivity index (χ0v) is 11.3. The number of carboxylic acids is 1. The van der Waals surface area contributed by atoms with Gasteiger partial charge in [-0.05, 0) is 11.5 Å². The maximum Gasteiger partial charge on any atom is 0.336 e. The van der Waals surface area contributed by atoms with Crippen molar-refractivity contribution in [3.05, 3.63) is 51.6 Å². The van der Waals surface area contributed by atoms with Crippen molar-refractivity contribution in [2.75, 3.05) is 13.2 Å². The first-order valence-corrected chi connectivity index (χ1v) is 6.29. The number of nitro groups is 1. The number of non-ortho nitro benzene ring substituents is 1. The first-order chi connectivity index (χ1) is 10.5. The summed E-state index contributed by atoms with van der Waals surface area (Å²) in [7, 11) is 0. The third kappa shape index (κ3) is 2.86. The van der Waals surface area contributed by atoms with Crippen LogP contribution < -0.4 is 5.32 Å². The number of hydrogen-bond acceptors (Lipinski definition) is 5. The molecule has 0 aromatic heterocycles. The molecule has 0 aliphatic heterocycles. The number of amides is 1. The Labute approximate surface area is 124 Å². The van der Waals surface area contributed by atoms with Gasteiger partial charge >= 0.3 is 5.97 Å². The summed E-state index contributed by atoms with van der Waals surface area (Å²) in [6.07, 6.45) is 0. The van der Waals surface area contributed by atoms with Crippen LogP contribution in [0.4, 0.5) is 5.69 Å². The SMILES string of the molecule is O=C(O)c1cc([N+](=O)[O-])cc2cccc(C(=O)NCCO)c12. The van der Waals surface area contributed by atoms with Crippen molar-refractivity contribution in [1.82, 2.24) is 5.32 Å². The fourth-order valence-corrected chi connectivity index (χ4v) is 2.14. The molecule has 2 rings (SSSR count). The molecule has 3 N–H and O–H groups in total. The van der Waals surface area contributed by atoms with E-state index in [9.17, 15) is 24.8 Å². The summed E-state index contributed by atoms with van der Waals surface area (Å²) in [6.45, 7) is -0.238. The van der Waals surface area contributed by atoms with Crippen molar-refractivity contribution in [3.8, 4) is 0 Å². The van der Waals surface area contributed by atoms with Gasteiger partial charge in [0.2, 0.25) is 0 Å². The van der Waals surface area contributed by atoms with E-state index < -0.39 is 16.8 Å². The van der Waals surface area contributed by atoms with E-state index in [2.05, 4.69) is 5.32 Å². The average molecular weight is 304 g/mol. The third-order valence-electron chi connectivity index (χ3n) is 3.04. The van der Waals surface area contributed by atoms with Crippen molar-refractivity contribution in [2.45, 2.75) is 0 Å². The molecule has 0 unspecified atom stereocenters. The van der Waals surface area contributed by atoms with Crippen molar-refractivity contribution in [2.24, 2.45) is 0 Å². The maximum absolute atomic E-state index is 12.1. The smallest absolute Gasteiger partial charge is 0.336 e. The Hall–Kier alpha value is -3.00. The van der Waals surface area contributed by atoms with Crippen LogP contribution in [0.5, 0.6) is 0 Å². The molecular formula is C14H12N2O6. The van der Waals surface area contributed by atoms with E-state index in [1.54, 1.807) is 0 Å². The van der Waals surface area contributed by atoms with Crippen LogP contribution >= 0.6 is 0 Å². The van der Waals surface area contributed by atoms with Gasteiger partial charge in [0.1, 0.15) is 0 Å². The molecule has 0 atom stereocenters. The number of carbonyl (C=O) groups excluding carboxylic acids is 1. The number of nitro benzene ring substituents is 1. The standard InChI is InChI=1S/C14H12N2O6/c17-5-4-15-13(18)10-3-1-2-8-6-9(16(21)22)7-11(12(8)10)14(19)20/h1-3,6-7,17H,4-5H2,(H,15,18)(H,19,20). The molecule has 0 spiro atoms. The first-order valence-electron chi connectivity index (χ1n) is 6.29. The number of rotatable bonds is 5. The number of carboxylic acid groups (broad SMARTS) is 1. The summed E-state index contributed by atoms with van der Waals surface area (Å²) >= 11 is 0. The number of hydrogen-bond donors (Lipinski definition) is 3. The summed E-state index contributed by atoms with van der Waals surface area (Å²) in [5.74, 6) is -1.92. The van der Waals surface area contributed by atoms with Crippen LogP contribution in [0.15, 0.2) is 30.3 Å². The largest absolute Gasteiger partial charge is 0.478 e. The number of benzene rings is 2. The highest BCUT2D eigenvalue weighted by atomic mass is 16.6. The molecule has 0 bridgehead atoms. The van der Waals surface area contributed by atoms with E-state index in [0.29, 0.717) is 0 Å². The molecule has 0 heterocycles. The number of nitrogens with one attached hydrogen (secondary N) is 1. The summed E-state index contributed by atoms with van der Waals surface area (Å²) < 4.78 is 0. The number of aliphatic hydroxyl groups excluding tert-OH is 1. The molecule has 0 saturated heterocycles. The maximum atomic E-state index is 12.1. The first kappa shape index (κ1) is 15.4. The molecule has 0 aliphatic carbocycles. The molecule has 114 valence electrons.